The van der Waals surface area contributed by atoms with E-state index in [0.29, 0.717) is 22.7 Å². The van der Waals surface area contributed by atoms with E-state index in [1.165, 1.54) is 6.07 Å². The second kappa shape index (κ2) is 5.61. The predicted octanol–water partition coefficient (Wildman–Crippen LogP) is 0.241. The van der Waals surface area contributed by atoms with Crippen molar-refractivity contribution in [2.24, 2.45) is 0 Å². The van der Waals surface area contributed by atoms with E-state index < -0.39 is 11.4 Å². The zero-order valence-corrected chi connectivity index (χ0v) is 10.5. The highest BCUT2D eigenvalue weighted by atomic mass is 35.5. The molecule has 0 unspecified atom stereocenters. The van der Waals surface area contributed by atoms with Crippen LogP contribution in [0.2, 0.25) is 5.02 Å². The molecule has 0 aliphatic heterocycles. The van der Waals surface area contributed by atoms with Crippen LogP contribution in [0.1, 0.15) is 12.0 Å². The molecular weight excluding hydrogens is 270 g/mol. The number of aliphatic hydroxyl groups excluding tert-OH is 1. The summed E-state index contributed by atoms with van der Waals surface area (Å²) >= 11 is 5.87. The van der Waals surface area contributed by atoms with Crippen LogP contribution in [0.15, 0.2) is 27.8 Å². The van der Waals surface area contributed by atoms with Gasteiger partial charge in [0.05, 0.1) is 12.3 Å². The zero-order valence-electron chi connectivity index (χ0n) is 9.74. The van der Waals surface area contributed by atoms with Gasteiger partial charge in [0.1, 0.15) is 0 Å². The molecule has 0 spiro atoms. The van der Waals surface area contributed by atoms with Gasteiger partial charge in [-0.25, -0.2) is 24.4 Å². The third-order valence-corrected chi connectivity index (χ3v) is 2.58. The maximum atomic E-state index is 11.6. The number of nitrogens with zero attached hydrogens (tertiary/aromatic N) is 1. The Morgan fingerprint density at radius 1 is 1.26 bits per heavy atom. The fourth-order valence-corrected chi connectivity index (χ4v) is 1.71. The summed E-state index contributed by atoms with van der Waals surface area (Å²) in [5, 5.41) is 13.5. The van der Waals surface area contributed by atoms with Crippen LogP contribution in [0, 0.1) is 11.8 Å². The fraction of sp³-hybridized carbons (Fsp3) is 0.167. The lowest BCUT2D eigenvalue weighted by Crippen LogP contribution is -2.25. The van der Waals surface area contributed by atoms with E-state index in [9.17, 15) is 9.59 Å². The lowest BCUT2D eigenvalue weighted by Gasteiger charge is -2.03. The van der Waals surface area contributed by atoms with Crippen molar-refractivity contribution < 1.29 is 5.11 Å². The van der Waals surface area contributed by atoms with Crippen LogP contribution >= 0.6 is 11.6 Å². The van der Waals surface area contributed by atoms with Gasteiger partial charge in [-0.2, -0.15) is 0 Å². The molecule has 0 bridgehead atoms. The molecule has 0 aliphatic carbocycles. The largest absolute Gasteiger partial charge is 0.395 e. The quantitative estimate of drug-likeness (QED) is 0.688. The first-order chi connectivity index (χ1) is 9.13. The van der Waals surface area contributed by atoms with Gasteiger partial charge in [0.2, 0.25) is 0 Å². The number of rotatable bonds is 2. The first-order valence-electron chi connectivity index (χ1n) is 5.43. The van der Waals surface area contributed by atoms with E-state index in [1.54, 1.807) is 12.1 Å². The summed E-state index contributed by atoms with van der Waals surface area (Å²) in [5.41, 5.74) is -0.426. The standard InChI is InChI=1S/C12H10ClN3O3/c13-9-5-4-8(3-1-2-6-17)10(7-9)16-11(18)14-15-12(16)19/h4-5,7,17H,2,6H2,(H,14,18)(H,15,19). The Kier molecular flexibility index (Phi) is 3.90. The van der Waals surface area contributed by atoms with Crippen LogP contribution in [0.25, 0.3) is 5.69 Å². The van der Waals surface area contributed by atoms with Crippen molar-refractivity contribution in [3.05, 3.63) is 49.8 Å². The summed E-state index contributed by atoms with van der Waals surface area (Å²) in [6, 6.07) is 4.70. The monoisotopic (exact) mass is 279 g/mol. The molecule has 2 rings (SSSR count). The number of H-pyrrole nitrogens is 2. The van der Waals surface area contributed by atoms with Crippen LogP contribution in [-0.2, 0) is 0 Å². The molecule has 1 aromatic carbocycles. The molecule has 2 aromatic rings. The smallest absolute Gasteiger partial charge is 0.349 e. The van der Waals surface area contributed by atoms with Crippen LogP contribution in [0.3, 0.4) is 0 Å². The van der Waals surface area contributed by atoms with Crippen LogP contribution in [0.4, 0.5) is 0 Å². The molecule has 0 fully saturated rings. The number of aromatic nitrogens is 3. The summed E-state index contributed by atoms with van der Waals surface area (Å²) in [4.78, 5) is 23.2. The normalized spacial score (nSPS) is 10.0. The number of halogens is 1. The highest BCUT2D eigenvalue weighted by Gasteiger charge is 2.10. The minimum atomic E-state index is -0.600. The molecule has 0 aliphatic rings. The summed E-state index contributed by atoms with van der Waals surface area (Å²) in [6.07, 6.45) is 0.306. The van der Waals surface area contributed by atoms with Crippen LogP contribution in [-0.4, -0.2) is 26.5 Å². The number of hydrogen-bond acceptors (Lipinski definition) is 3. The van der Waals surface area contributed by atoms with Gasteiger partial charge < -0.3 is 5.11 Å². The average Bonchev–Trinajstić information content (AvgIpc) is 2.71. The molecule has 7 heteroatoms. The van der Waals surface area contributed by atoms with Gasteiger partial charge in [-0.05, 0) is 18.2 Å². The highest BCUT2D eigenvalue weighted by molar-refractivity contribution is 6.30. The van der Waals surface area contributed by atoms with Gasteiger partial charge in [-0.3, -0.25) is 0 Å². The topological polar surface area (TPSA) is 90.9 Å². The molecule has 1 aromatic heterocycles. The highest BCUT2D eigenvalue weighted by Crippen LogP contribution is 2.17. The number of hydrogen-bond donors (Lipinski definition) is 3. The van der Waals surface area contributed by atoms with Crippen molar-refractivity contribution in [1.82, 2.24) is 14.8 Å². The molecule has 6 nitrogen and oxygen atoms in total. The molecule has 3 N–H and O–H groups in total. The molecule has 0 saturated carbocycles. The van der Waals surface area contributed by atoms with Crippen molar-refractivity contribution in [1.29, 1.82) is 0 Å². The number of aromatic amines is 2. The van der Waals surface area contributed by atoms with Gasteiger partial charge in [-0.1, -0.05) is 23.4 Å². The number of aliphatic hydroxyl groups is 1. The van der Waals surface area contributed by atoms with E-state index in [4.69, 9.17) is 16.7 Å². The van der Waals surface area contributed by atoms with Gasteiger partial charge in [0, 0.05) is 17.0 Å². The second-order valence-corrected chi connectivity index (χ2v) is 4.07. The molecule has 0 saturated heterocycles. The number of benzene rings is 1. The van der Waals surface area contributed by atoms with Gasteiger partial charge in [0.15, 0.2) is 0 Å². The average molecular weight is 280 g/mol. The van der Waals surface area contributed by atoms with Crippen LogP contribution in [0.5, 0.6) is 0 Å². The summed E-state index contributed by atoms with van der Waals surface area (Å²) in [6.45, 7) is -0.0550. The first-order valence-corrected chi connectivity index (χ1v) is 5.80. The Morgan fingerprint density at radius 3 is 2.58 bits per heavy atom. The lowest BCUT2D eigenvalue weighted by atomic mass is 10.1. The van der Waals surface area contributed by atoms with Gasteiger partial charge >= 0.3 is 11.4 Å². The fourth-order valence-electron chi connectivity index (χ4n) is 1.54. The summed E-state index contributed by atoms with van der Waals surface area (Å²) in [7, 11) is 0. The number of nitrogens with one attached hydrogen (secondary N) is 2. The maximum absolute atomic E-state index is 11.6. The Morgan fingerprint density at radius 2 is 1.95 bits per heavy atom. The molecule has 0 amide bonds. The molecule has 1 heterocycles. The van der Waals surface area contributed by atoms with E-state index in [2.05, 4.69) is 22.0 Å². The molecular formula is C12H10ClN3O3. The lowest BCUT2D eigenvalue weighted by molar-refractivity contribution is 0.305. The predicted molar refractivity (Wildman–Crippen MR) is 70.6 cm³/mol. The minimum Gasteiger partial charge on any atom is -0.395 e. The molecule has 0 radical (unpaired) electrons. The Balaban J connectivity index is 2.63. The summed E-state index contributed by atoms with van der Waals surface area (Å²) in [5.74, 6) is 5.52. The SMILES string of the molecule is O=c1[nH][nH]c(=O)n1-c1cc(Cl)ccc1C#CCCO. The Bertz CT molecular complexity index is 733. The van der Waals surface area contributed by atoms with E-state index >= 15 is 0 Å². The van der Waals surface area contributed by atoms with Crippen molar-refractivity contribution in [3.8, 4) is 17.5 Å². The van der Waals surface area contributed by atoms with Crippen LogP contribution < -0.4 is 11.4 Å². The first kappa shape index (κ1) is 13.2. The van der Waals surface area contributed by atoms with Crippen molar-refractivity contribution in [2.75, 3.05) is 6.61 Å². The van der Waals surface area contributed by atoms with E-state index in [1.807, 2.05) is 0 Å². The van der Waals surface area contributed by atoms with E-state index in [0.717, 1.165) is 4.57 Å². The molecule has 98 valence electrons. The Hall–Kier alpha value is -2.23. The van der Waals surface area contributed by atoms with Gasteiger partial charge in [-0.15, -0.1) is 0 Å². The molecule has 19 heavy (non-hydrogen) atoms. The van der Waals surface area contributed by atoms with Crippen molar-refractivity contribution >= 4 is 11.6 Å². The maximum Gasteiger partial charge on any atom is 0.349 e. The van der Waals surface area contributed by atoms with Crippen molar-refractivity contribution in [2.45, 2.75) is 6.42 Å². The zero-order chi connectivity index (χ0) is 13.8. The molecule has 0 atom stereocenters. The third-order valence-electron chi connectivity index (χ3n) is 2.34. The van der Waals surface area contributed by atoms with Crippen molar-refractivity contribution in [3.63, 3.8) is 0 Å². The minimum absolute atomic E-state index is 0.0550. The second-order valence-electron chi connectivity index (χ2n) is 3.63. The Labute approximate surface area is 112 Å². The third kappa shape index (κ3) is 2.78. The summed E-state index contributed by atoms with van der Waals surface area (Å²) < 4.78 is 0.912. The van der Waals surface area contributed by atoms with Gasteiger partial charge in [0.25, 0.3) is 0 Å². The van der Waals surface area contributed by atoms with E-state index in [-0.39, 0.29) is 6.61 Å².